The molecule has 0 bridgehead atoms. The van der Waals surface area contributed by atoms with Gasteiger partial charge in [0.1, 0.15) is 16.2 Å². The zero-order chi connectivity index (χ0) is 28.0. The lowest BCUT2D eigenvalue weighted by atomic mass is 9.90. The van der Waals surface area contributed by atoms with Gasteiger partial charge in [-0.2, -0.15) is 11.3 Å². The zero-order valence-corrected chi connectivity index (χ0v) is 23.6. The second-order valence-corrected chi connectivity index (χ2v) is 13.1. The fraction of sp³-hybridized carbons (Fsp3) is 0.379. The Balaban J connectivity index is 1.41. The van der Waals surface area contributed by atoms with Crippen molar-refractivity contribution in [1.29, 1.82) is 0 Å². The highest BCUT2D eigenvalue weighted by molar-refractivity contribution is 7.92. The molecule has 1 aromatic heterocycles. The third-order valence-electron chi connectivity index (χ3n) is 7.31. The SMILES string of the molecule is O=C(CC1(c2ccc(Oc3ccccc3)cc2)CCN(C(=O)c2ccsc2)CCS1(=O)=O)NOC1CCCCO1. The minimum absolute atomic E-state index is 0.0436. The third kappa shape index (κ3) is 6.38. The van der Waals surface area contributed by atoms with Crippen molar-refractivity contribution in [3.8, 4) is 11.5 Å². The number of hydrogen-bond donors (Lipinski definition) is 1. The summed E-state index contributed by atoms with van der Waals surface area (Å²) in [7, 11) is -3.90. The van der Waals surface area contributed by atoms with Gasteiger partial charge >= 0.3 is 0 Å². The zero-order valence-electron chi connectivity index (χ0n) is 22.0. The average Bonchev–Trinajstić information content (AvgIpc) is 3.48. The minimum atomic E-state index is -3.90. The summed E-state index contributed by atoms with van der Waals surface area (Å²) in [4.78, 5) is 33.3. The van der Waals surface area contributed by atoms with Gasteiger partial charge in [0, 0.05) is 31.5 Å². The molecule has 2 unspecified atom stereocenters. The molecule has 2 saturated heterocycles. The predicted molar refractivity (Wildman–Crippen MR) is 151 cm³/mol. The van der Waals surface area contributed by atoms with Crippen LogP contribution in [-0.4, -0.2) is 56.9 Å². The van der Waals surface area contributed by atoms with Crippen molar-refractivity contribution in [3.63, 3.8) is 0 Å². The maximum absolute atomic E-state index is 14.0. The number of amides is 2. The van der Waals surface area contributed by atoms with Gasteiger partial charge in [-0.3, -0.25) is 9.59 Å². The first-order valence-electron chi connectivity index (χ1n) is 13.3. The molecule has 11 heteroatoms. The van der Waals surface area contributed by atoms with Crippen molar-refractivity contribution in [1.82, 2.24) is 10.4 Å². The molecule has 5 rings (SSSR count). The van der Waals surface area contributed by atoms with Crippen LogP contribution in [0.1, 0.15) is 48.0 Å². The van der Waals surface area contributed by atoms with Crippen LogP contribution in [0.3, 0.4) is 0 Å². The second kappa shape index (κ2) is 12.5. The van der Waals surface area contributed by atoms with Gasteiger partial charge in [-0.1, -0.05) is 30.3 Å². The van der Waals surface area contributed by atoms with E-state index in [1.54, 1.807) is 40.6 Å². The predicted octanol–water partition coefficient (Wildman–Crippen LogP) is 4.66. The van der Waals surface area contributed by atoms with Crippen molar-refractivity contribution in [2.75, 3.05) is 25.4 Å². The molecule has 2 fully saturated rings. The highest BCUT2D eigenvalue weighted by Crippen LogP contribution is 2.41. The highest BCUT2D eigenvalue weighted by atomic mass is 32.2. The molecule has 0 spiro atoms. The number of thiophene rings is 1. The second-order valence-electron chi connectivity index (χ2n) is 9.92. The number of benzene rings is 2. The van der Waals surface area contributed by atoms with Gasteiger partial charge in [-0.25, -0.2) is 18.7 Å². The van der Waals surface area contributed by atoms with Crippen LogP contribution in [0.25, 0.3) is 0 Å². The number of carbonyl (C=O) groups excluding carboxylic acids is 2. The van der Waals surface area contributed by atoms with Crippen molar-refractivity contribution in [2.45, 2.75) is 43.1 Å². The van der Waals surface area contributed by atoms with Crippen LogP contribution in [0.2, 0.25) is 0 Å². The van der Waals surface area contributed by atoms with Gasteiger partial charge in [0.05, 0.1) is 17.7 Å². The summed E-state index contributed by atoms with van der Waals surface area (Å²) in [5.74, 6) is 0.121. The Morgan fingerprint density at radius 2 is 1.80 bits per heavy atom. The number of rotatable bonds is 8. The van der Waals surface area contributed by atoms with Crippen molar-refractivity contribution < 1.29 is 32.3 Å². The lowest BCUT2D eigenvalue weighted by Gasteiger charge is -2.32. The van der Waals surface area contributed by atoms with Crippen LogP contribution in [0.5, 0.6) is 11.5 Å². The molecule has 0 radical (unpaired) electrons. The molecule has 9 nitrogen and oxygen atoms in total. The molecule has 0 aliphatic carbocycles. The summed E-state index contributed by atoms with van der Waals surface area (Å²) in [6.45, 7) is 0.766. The standard InChI is InChI=1S/C29H32N2O7S2/c32-26(30-38-27-8-4-5-17-36-27)20-29(23-9-11-25(12-10-23)37-24-6-2-1-3-7-24)14-15-31(16-19-40(29,34)35)28(33)22-13-18-39-21-22/h1-3,6-7,9-13,18,21,27H,4-5,8,14-17,19-20H2,(H,30,32). The Labute approximate surface area is 237 Å². The molecular formula is C29H32N2O7S2. The van der Waals surface area contributed by atoms with E-state index < -0.39 is 26.8 Å². The summed E-state index contributed by atoms with van der Waals surface area (Å²) in [6, 6.07) is 17.7. The van der Waals surface area contributed by atoms with E-state index in [4.69, 9.17) is 14.3 Å². The average molecular weight is 585 g/mol. The van der Waals surface area contributed by atoms with Gasteiger partial charge < -0.3 is 14.4 Å². The van der Waals surface area contributed by atoms with Gasteiger partial charge in [0.2, 0.25) is 5.91 Å². The lowest BCUT2D eigenvalue weighted by molar-refractivity contribution is -0.200. The van der Waals surface area contributed by atoms with Crippen molar-refractivity contribution in [2.24, 2.45) is 0 Å². The normalized spacial score (nSPS) is 22.7. The lowest BCUT2D eigenvalue weighted by Crippen LogP contribution is -2.43. The van der Waals surface area contributed by atoms with Crippen molar-refractivity contribution in [3.05, 3.63) is 82.6 Å². The largest absolute Gasteiger partial charge is 0.457 e. The molecule has 40 heavy (non-hydrogen) atoms. The number of hydrogen-bond acceptors (Lipinski definition) is 8. The first-order valence-corrected chi connectivity index (χ1v) is 15.9. The number of sulfone groups is 1. The Kier molecular flexibility index (Phi) is 8.84. The number of ether oxygens (including phenoxy) is 2. The molecule has 2 atom stereocenters. The van der Waals surface area contributed by atoms with Crippen LogP contribution in [-0.2, 0) is 29.0 Å². The molecule has 1 N–H and O–H groups in total. The topological polar surface area (TPSA) is 111 Å². The van der Waals surface area contributed by atoms with E-state index in [9.17, 15) is 18.0 Å². The van der Waals surface area contributed by atoms with Crippen LogP contribution >= 0.6 is 11.3 Å². The van der Waals surface area contributed by atoms with E-state index in [0.29, 0.717) is 35.7 Å². The summed E-state index contributed by atoms with van der Waals surface area (Å²) in [5, 5.41) is 3.56. The fourth-order valence-corrected chi connectivity index (χ4v) is 7.82. The van der Waals surface area contributed by atoms with Gasteiger partial charge in [-0.05, 0) is 60.5 Å². The molecule has 0 saturated carbocycles. The molecule has 2 aliphatic heterocycles. The number of carbonyl (C=O) groups is 2. The van der Waals surface area contributed by atoms with E-state index in [0.717, 1.165) is 12.8 Å². The quantitative estimate of drug-likeness (QED) is 0.384. The maximum Gasteiger partial charge on any atom is 0.254 e. The Hall–Kier alpha value is -3.25. The summed E-state index contributed by atoms with van der Waals surface area (Å²) < 4.78 is 37.8. The van der Waals surface area contributed by atoms with Crippen molar-refractivity contribution >= 4 is 33.0 Å². The summed E-state index contributed by atoms with van der Waals surface area (Å²) in [5.41, 5.74) is 3.40. The minimum Gasteiger partial charge on any atom is -0.457 e. The van der Waals surface area contributed by atoms with E-state index in [2.05, 4.69) is 5.48 Å². The first-order chi connectivity index (χ1) is 19.4. The first kappa shape index (κ1) is 28.3. The smallest absolute Gasteiger partial charge is 0.254 e. The monoisotopic (exact) mass is 584 g/mol. The number of para-hydroxylation sites is 1. The third-order valence-corrected chi connectivity index (χ3v) is 10.5. The Morgan fingerprint density at radius 3 is 2.50 bits per heavy atom. The molecule has 3 heterocycles. The van der Waals surface area contributed by atoms with E-state index in [1.165, 1.54) is 11.3 Å². The molecule has 3 aromatic rings. The molecular weight excluding hydrogens is 552 g/mol. The highest BCUT2D eigenvalue weighted by Gasteiger charge is 2.49. The number of nitrogens with one attached hydrogen (secondary N) is 1. The molecule has 2 amide bonds. The van der Waals surface area contributed by atoms with Crippen LogP contribution < -0.4 is 10.2 Å². The van der Waals surface area contributed by atoms with Crippen LogP contribution in [0.15, 0.2) is 71.4 Å². The molecule has 2 aliphatic rings. The van der Waals surface area contributed by atoms with Gasteiger partial charge in [0.25, 0.3) is 5.91 Å². The van der Waals surface area contributed by atoms with Crippen LogP contribution in [0, 0.1) is 0 Å². The van der Waals surface area contributed by atoms with Crippen LogP contribution in [0.4, 0.5) is 0 Å². The maximum atomic E-state index is 14.0. The summed E-state index contributed by atoms with van der Waals surface area (Å²) in [6.07, 6.45) is 1.63. The Bertz CT molecular complexity index is 1390. The molecule has 212 valence electrons. The van der Waals surface area contributed by atoms with E-state index in [1.807, 2.05) is 35.7 Å². The Morgan fingerprint density at radius 1 is 1.02 bits per heavy atom. The number of nitrogens with zero attached hydrogens (tertiary/aromatic N) is 1. The van der Waals surface area contributed by atoms with Gasteiger partial charge in [-0.15, -0.1) is 0 Å². The number of hydroxylamine groups is 1. The fourth-order valence-electron chi connectivity index (χ4n) is 5.09. The van der Waals surface area contributed by atoms with Gasteiger partial charge in [0.15, 0.2) is 16.1 Å². The van der Waals surface area contributed by atoms with E-state index in [-0.39, 0.29) is 37.6 Å². The van der Waals surface area contributed by atoms with E-state index >= 15 is 0 Å². The molecule has 2 aromatic carbocycles. The summed E-state index contributed by atoms with van der Waals surface area (Å²) >= 11 is 1.41.